The lowest BCUT2D eigenvalue weighted by atomic mass is 10.0. The summed E-state index contributed by atoms with van der Waals surface area (Å²) in [5, 5.41) is 3.82. The molecule has 1 amide bonds. The Hall–Kier alpha value is -1.63. The number of hydrogen-bond acceptors (Lipinski definition) is 4. The number of benzene rings is 1. The molecular weight excluding hydrogens is 376 g/mol. The van der Waals surface area contributed by atoms with Gasteiger partial charge in [0.05, 0.1) is 17.1 Å². The number of likely N-dealkylation sites (tertiary alicyclic amines) is 1. The Balaban J connectivity index is 1.42. The summed E-state index contributed by atoms with van der Waals surface area (Å²) in [4.78, 5) is 20.2. The van der Waals surface area contributed by atoms with Crippen LogP contribution in [0.1, 0.15) is 38.5 Å². The topological polar surface area (TPSA) is 59.4 Å². The average molecular weight is 403 g/mol. The molecule has 5 rings (SSSR count). The summed E-state index contributed by atoms with van der Waals surface area (Å²) in [6, 6.07) is 6.36. The molecule has 0 spiro atoms. The number of rotatable bonds is 5. The summed E-state index contributed by atoms with van der Waals surface area (Å²) in [6.07, 6.45) is 6.57. The number of ether oxygens (including phenoxy) is 1. The number of carbonyl (C=O) groups is 1. The maximum Gasteiger partial charge on any atom is 0.244 e. The van der Waals surface area contributed by atoms with Crippen LogP contribution in [0.4, 0.5) is 5.95 Å². The van der Waals surface area contributed by atoms with Crippen LogP contribution in [-0.4, -0.2) is 52.2 Å². The second kappa shape index (κ2) is 7.65. The zero-order chi connectivity index (χ0) is 19.1. The Morgan fingerprint density at radius 2 is 2.04 bits per heavy atom. The summed E-state index contributed by atoms with van der Waals surface area (Å²) in [7, 11) is 0. The lowest BCUT2D eigenvalue weighted by Crippen LogP contribution is -2.41. The van der Waals surface area contributed by atoms with Crippen LogP contribution in [0.3, 0.4) is 0 Å². The Labute approximate surface area is 170 Å². The molecule has 2 aromatic rings. The number of nitrogens with zero attached hydrogens (tertiary/aromatic N) is 3. The van der Waals surface area contributed by atoms with E-state index in [0.717, 1.165) is 63.0 Å². The maximum atomic E-state index is 13.1. The summed E-state index contributed by atoms with van der Waals surface area (Å²) in [5.74, 6) is 1.27. The van der Waals surface area contributed by atoms with Crippen molar-refractivity contribution in [3.8, 4) is 0 Å². The van der Waals surface area contributed by atoms with Gasteiger partial charge in [-0.2, -0.15) is 0 Å². The largest absolute Gasteiger partial charge is 0.381 e. The molecule has 0 radical (unpaired) electrons. The van der Waals surface area contributed by atoms with E-state index in [4.69, 9.17) is 21.3 Å². The van der Waals surface area contributed by atoms with Crippen molar-refractivity contribution in [3.05, 3.63) is 23.2 Å². The fraction of sp³-hybridized carbons (Fsp3) is 0.619. The van der Waals surface area contributed by atoms with Gasteiger partial charge in [0.1, 0.15) is 0 Å². The molecule has 2 aliphatic heterocycles. The molecule has 28 heavy (non-hydrogen) atoms. The Bertz CT molecular complexity index is 873. The van der Waals surface area contributed by atoms with Gasteiger partial charge in [-0.05, 0) is 69.2 Å². The van der Waals surface area contributed by atoms with Crippen molar-refractivity contribution in [2.24, 2.45) is 5.92 Å². The zero-order valence-electron chi connectivity index (χ0n) is 16.1. The predicted molar refractivity (Wildman–Crippen MR) is 110 cm³/mol. The van der Waals surface area contributed by atoms with E-state index in [9.17, 15) is 4.79 Å². The smallest absolute Gasteiger partial charge is 0.244 e. The second-order valence-electron chi connectivity index (χ2n) is 8.35. The minimum Gasteiger partial charge on any atom is -0.381 e. The number of fused-ring (bicyclic) bond motifs is 1. The molecular formula is C21H27ClN4O2. The van der Waals surface area contributed by atoms with Gasteiger partial charge in [0.25, 0.3) is 0 Å². The summed E-state index contributed by atoms with van der Waals surface area (Å²) in [6.45, 7) is 3.50. The molecule has 150 valence electrons. The number of halogens is 1. The lowest BCUT2D eigenvalue weighted by Gasteiger charge is -2.25. The number of amides is 1. The van der Waals surface area contributed by atoms with Crippen LogP contribution in [-0.2, 0) is 16.1 Å². The fourth-order valence-electron chi connectivity index (χ4n) is 4.68. The molecule has 1 N–H and O–H groups in total. The number of aromatic nitrogens is 2. The monoisotopic (exact) mass is 402 g/mol. The van der Waals surface area contributed by atoms with Crippen LogP contribution in [0, 0.1) is 5.92 Å². The van der Waals surface area contributed by atoms with E-state index >= 15 is 0 Å². The Morgan fingerprint density at radius 3 is 2.82 bits per heavy atom. The third kappa shape index (κ3) is 3.65. The van der Waals surface area contributed by atoms with E-state index in [1.54, 1.807) is 0 Å². The van der Waals surface area contributed by atoms with Crippen LogP contribution in [0.2, 0.25) is 5.02 Å². The summed E-state index contributed by atoms with van der Waals surface area (Å²) in [5.41, 5.74) is 1.86. The van der Waals surface area contributed by atoms with E-state index in [2.05, 4.69) is 14.8 Å². The van der Waals surface area contributed by atoms with Gasteiger partial charge >= 0.3 is 0 Å². The minimum atomic E-state index is -0.0209. The van der Waals surface area contributed by atoms with Crippen LogP contribution >= 0.6 is 11.6 Å². The van der Waals surface area contributed by atoms with E-state index in [0.29, 0.717) is 22.9 Å². The van der Waals surface area contributed by atoms with Crippen molar-refractivity contribution in [1.29, 1.82) is 0 Å². The van der Waals surface area contributed by atoms with Crippen LogP contribution in [0.25, 0.3) is 11.0 Å². The van der Waals surface area contributed by atoms with Gasteiger partial charge in [0.15, 0.2) is 0 Å². The summed E-state index contributed by atoms with van der Waals surface area (Å²) < 4.78 is 7.67. The standard InChI is InChI=1S/C21H27ClN4O2/c22-15-3-6-18-17(12-15)23-21(26(18)13-14-7-10-28-11-8-14)24-20(27)19-2-1-9-25(19)16-4-5-16/h3,6,12,14,16,19H,1-2,4-5,7-11,13H2,(H,23,24,27)/t19-/m0/s1. The number of carbonyl (C=O) groups excluding carboxylic acids is 1. The zero-order valence-corrected chi connectivity index (χ0v) is 16.8. The molecule has 0 bridgehead atoms. The van der Waals surface area contributed by atoms with Crippen molar-refractivity contribution in [3.63, 3.8) is 0 Å². The first-order chi connectivity index (χ1) is 13.7. The Kier molecular flexibility index (Phi) is 5.03. The molecule has 3 fully saturated rings. The van der Waals surface area contributed by atoms with Crippen LogP contribution < -0.4 is 5.32 Å². The number of anilines is 1. The third-order valence-electron chi connectivity index (χ3n) is 6.34. The van der Waals surface area contributed by atoms with Gasteiger partial charge in [-0.1, -0.05) is 11.6 Å². The molecule has 1 aliphatic carbocycles. The van der Waals surface area contributed by atoms with E-state index in [1.165, 1.54) is 12.8 Å². The number of hydrogen-bond donors (Lipinski definition) is 1. The van der Waals surface area contributed by atoms with Gasteiger partial charge in [-0.3, -0.25) is 15.0 Å². The first-order valence-corrected chi connectivity index (χ1v) is 10.9. The van der Waals surface area contributed by atoms with Gasteiger partial charge in [-0.15, -0.1) is 0 Å². The normalized spacial score (nSPS) is 24.1. The van der Waals surface area contributed by atoms with Gasteiger partial charge in [0, 0.05) is 30.8 Å². The van der Waals surface area contributed by atoms with Crippen molar-refractivity contribution in [1.82, 2.24) is 14.5 Å². The van der Waals surface area contributed by atoms with E-state index in [-0.39, 0.29) is 11.9 Å². The molecule has 1 saturated carbocycles. The Morgan fingerprint density at radius 1 is 1.21 bits per heavy atom. The second-order valence-corrected chi connectivity index (χ2v) is 8.79. The first-order valence-electron chi connectivity index (χ1n) is 10.5. The predicted octanol–water partition coefficient (Wildman–Crippen LogP) is 3.68. The van der Waals surface area contributed by atoms with Crippen LogP contribution in [0.15, 0.2) is 18.2 Å². The van der Waals surface area contributed by atoms with E-state index in [1.807, 2.05) is 18.2 Å². The average Bonchev–Trinajstić information content (AvgIpc) is 3.33. The molecule has 2 saturated heterocycles. The van der Waals surface area contributed by atoms with Crippen LogP contribution in [0.5, 0.6) is 0 Å². The van der Waals surface area contributed by atoms with E-state index < -0.39 is 0 Å². The molecule has 1 aromatic heterocycles. The lowest BCUT2D eigenvalue weighted by molar-refractivity contribution is -0.120. The molecule has 6 nitrogen and oxygen atoms in total. The van der Waals surface area contributed by atoms with Gasteiger partial charge in [0.2, 0.25) is 11.9 Å². The quantitative estimate of drug-likeness (QED) is 0.828. The fourth-order valence-corrected chi connectivity index (χ4v) is 4.84. The SMILES string of the molecule is O=C(Nc1nc2cc(Cl)ccc2n1CC1CCOCC1)[C@@H]1CCCN1C1CC1. The molecule has 3 heterocycles. The van der Waals surface area contributed by atoms with Gasteiger partial charge < -0.3 is 9.30 Å². The number of nitrogens with one attached hydrogen (secondary N) is 1. The third-order valence-corrected chi connectivity index (χ3v) is 6.57. The maximum absolute atomic E-state index is 13.1. The van der Waals surface area contributed by atoms with Crippen molar-refractivity contribution < 1.29 is 9.53 Å². The van der Waals surface area contributed by atoms with Crippen molar-refractivity contribution in [2.75, 3.05) is 25.1 Å². The van der Waals surface area contributed by atoms with Gasteiger partial charge in [-0.25, -0.2) is 4.98 Å². The summed E-state index contributed by atoms with van der Waals surface area (Å²) >= 11 is 6.18. The van der Waals surface area contributed by atoms with Crippen molar-refractivity contribution in [2.45, 2.75) is 57.2 Å². The van der Waals surface area contributed by atoms with Crippen molar-refractivity contribution >= 4 is 34.5 Å². The first kappa shape index (κ1) is 18.4. The highest BCUT2D eigenvalue weighted by molar-refractivity contribution is 6.31. The molecule has 1 atom stereocenters. The highest BCUT2D eigenvalue weighted by Crippen LogP contribution is 2.34. The molecule has 0 unspecified atom stereocenters. The molecule has 7 heteroatoms. The highest BCUT2D eigenvalue weighted by atomic mass is 35.5. The highest BCUT2D eigenvalue weighted by Gasteiger charge is 2.40. The number of imidazole rings is 1. The molecule has 3 aliphatic rings. The molecule has 1 aromatic carbocycles. The minimum absolute atomic E-state index is 0.0209.